The van der Waals surface area contributed by atoms with E-state index in [1.165, 1.54) is 4.68 Å². The molecule has 1 aliphatic heterocycles. The Morgan fingerprint density at radius 2 is 1.92 bits per heavy atom. The topological polar surface area (TPSA) is 73.3 Å². The summed E-state index contributed by atoms with van der Waals surface area (Å²) in [4.78, 5) is 24.6. The number of nitrogens with two attached hydrogens (primary N) is 1. The number of aromatic nitrogens is 2. The summed E-state index contributed by atoms with van der Waals surface area (Å²) in [5.74, 6) is -1.89. The number of amides is 1. The summed E-state index contributed by atoms with van der Waals surface area (Å²) in [6.07, 6.45) is -4.53. The summed E-state index contributed by atoms with van der Waals surface area (Å²) >= 11 is 0. The lowest BCUT2D eigenvalue weighted by atomic mass is 10.0. The van der Waals surface area contributed by atoms with Gasteiger partial charge in [-0.1, -0.05) is 18.2 Å². The molecule has 1 aliphatic rings. The fraction of sp³-hybridized carbons (Fsp3) is 0.375. The number of carbonyl (C=O) groups is 1. The molecule has 0 aliphatic carbocycles. The fourth-order valence-electron chi connectivity index (χ4n) is 3.18. The van der Waals surface area contributed by atoms with Crippen molar-refractivity contribution in [2.24, 2.45) is 0 Å². The molecule has 25 heavy (non-hydrogen) atoms. The van der Waals surface area contributed by atoms with Gasteiger partial charge in [-0.2, -0.15) is 13.2 Å². The molecule has 1 atom stereocenters. The first-order valence-electron chi connectivity index (χ1n) is 7.71. The van der Waals surface area contributed by atoms with E-state index < -0.39 is 23.7 Å². The summed E-state index contributed by atoms with van der Waals surface area (Å²) < 4.78 is 41.0. The third-order valence-electron chi connectivity index (χ3n) is 4.50. The molecule has 6 nitrogen and oxygen atoms in total. The Labute approximate surface area is 141 Å². The minimum absolute atomic E-state index is 0.00131. The highest BCUT2D eigenvalue weighted by molar-refractivity contribution is 5.82. The Balaban J connectivity index is 1.96. The molecule has 0 saturated carbocycles. The molecule has 0 saturated heterocycles. The molecular weight excluding hydrogens is 337 g/mol. The van der Waals surface area contributed by atoms with Crippen molar-refractivity contribution >= 4 is 11.6 Å². The van der Waals surface area contributed by atoms with Gasteiger partial charge >= 0.3 is 12.1 Å². The maximum atomic E-state index is 12.6. The van der Waals surface area contributed by atoms with Crippen molar-refractivity contribution in [3.05, 3.63) is 46.4 Å². The van der Waals surface area contributed by atoms with Crippen LogP contribution in [-0.2, 0) is 17.8 Å². The van der Waals surface area contributed by atoms with Gasteiger partial charge in [0.1, 0.15) is 5.69 Å². The number of hydrogen-bond donors (Lipinski definition) is 1. The van der Waals surface area contributed by atoms with Crippen LogP contribution in [0.4, 0.5) is 18.9 Å². The van der Waals surface area contributed by atoms with E-state index in [4.69, 9.17) is 5.73 Å². The molecular formula is C16H17F3N4O2. The zero-order chi connectivity index (χ0) is 18.4. The molecule has 2 N–H and O–H groups in total. The van der Waals surface area contributed by atoms with Gasteiger partial charge in [-0.15, -0.1) is 0 Å². The average Bonchev–Trinajstić information content (AvgIpc) is 2.84. The number of hydrogen-bond acceptors (Lipinski definition) is 3. The van der Waals surface area contributed by atoms with E-state index in [1.54, 1.807) is 28.9 Å². The van der Waals surface area contributed by atoms with Crippen LogP contribution in [0, 0.1) is 0 Å². The number of carbonyl (C=O) groups excluding carboxylic acids is 1. The zero-order valence-corrected chi connectivity index (χ0v) is 13.5. The lowest BCUT2D eigenvalue weighted by molar-refractivity contribution is -0.186. The van der Waals surface area contributed by atoms with E-state index in [-0.39, 0.29) is 18.7 Å². The third kappa shape index (κ3) is 2.90. The Kier molecular flexibility index (Phi) is 4.09. The Morgan fingerprint density at radius 1 is 1.28 bits per heavy atom. The number of fused-ring (bicyclic) bond motifs is 1. The highest BCUT2D eigenvalue weighted by atomic mass is 19.4. The summed E-state index contributed by atoms with van der Waals surface area (Å²) in [6.45, 7) is 0.289. The van der Waals surface area contributed by atoms with Gasteiger partial charge in [0, 0.05) is 26.1 Å². The SMILES string of the molecule is CN(C(=O)C(F)(F)F)[C@@H]1CCn2c(c(N)c(=O)n2-c2ccccc2)C1. The van der Waals surface area contributed by atoms with Crippen LogP contribution in [0.15, 0.2) is 35.1 Å². The molecule has 2 aromatic rings. The number of benzene rings is 1. The summed E-state index contributed by atoms with van der Waals surface area (Å²) in [6, 6.07) is 8.20. The second-order valence-electron chi connectivity index (χ2n) is 6.00. The highest BCUT2D eigenvalue weighted by Crippen LogP contribution is 2.26. The molecule has 1 aromatic carbocycles. The number of rotatable bonds is 2. The van der Waals surface area contributed by atoms with Crippen LogP contribution < -0.4 is 11.3 Å². The van der Waals surface area contributed by atoms with Crippen molar-refractivity contribution in [2.75, 3.05) is 12.8 Å². The molecule has 1 aromatic heterocycles. The maximum Gasteiger partial charge on any atom is 0.471 e. The summed E-state index contributed by atoms with van der Waals surface area (Å²) in [5.41, 5.74) is 6.58. The van der Waals surface area contributed by atoms with Crippen molar-refractivity contribution < 1.29 is 18.0 Å². The van der Waals surface area contributed by atoms with Crippen LogP contribution in [0.5, 0.6) is 0 Å². The lowest BCUT2D eigenvalue weighted by Gasteiger charge is -2.33. The Bertz CT molecular complexity index is 855. The van der Waals surface area contributed by atoms with E-state index >= 15 is 0 Å². The third-order valence-corrected chi connectivity index (χ3v) is 4.50. The zero-order valence-electron chi connectivity index (χ0n) is 13.5. The van der Waals surface area contributed by atoms with E-state index in [1.807, 2.05) is 6.07 Å². The van der Waals surface area contributed by atoms with Gasteiger partial charge in [0.2, 0.25) is 0 Å². The van der Waals surface area contributed by atoms with Crippen LogP contribution >= 0.6 is 0 Å². The van der Waals surface area contributed by atoms with E-state index in [0.717, 1.165) is 7.05 Å². The standard InChI is InChI=1S/C16H17F3N4O2/c1-21(15(25)16(17,18)19)11-7-8-22-12(9-11)13(20)14(24)23(22)10-5-3-2-4-6-10/h2-6,11H,7-9,20H2,1H3/t11-/m1/s1. The van der Waals surface area contributed by atoms with Gasteiger partial charge < -0.3 is 10.6 Å². The molecule has 134 valence electrons. The molecule has 0 radical (unpaired) electrons. The molecule has 0 bridgehead atoms. The van der Waals surface area contributed by atoms with E-state index in [2.05, 4.69) is 0 Å². The normalized spacial score (nSPS) is 17.2. The fourth-order valence-corrected chi connectivity index (χ4v) is 3.18. The van der Waals surface area contributed by atoms with Gasteiger partial charge in [0.25, 0.3) is 5.56 Å². The van der Waals surface area contributed by atoms with Crippen molar-refractivity contribution in [1.82, 2.24) is 14.3 Å². The Hall–Kier alpha value is -2.71. The van der Waals surface area contributed by atoms with Crippen LogP contribution in [-0.4, -0.2) is 39.4 Å². The second-order valence-corrected chi connectivity index (χ2v) is 6.00. The smallest absolute Gasteiger partial charge is 0.393 e. The van der Waals surface area contributed by atoms with Crippen LogP contribution in [0.1, 0.15) is 12.1 Å². The minimum Gasteiger partial charge on any atom is -0.393 e. The van der Waals surface area contributed by atoms with Crippen molar-refractivity contribution in [2.45, 2.75) is 31.6 Å². The first-order chi connectivity index (χ1) is 11.7. The predicted molar refractivity (Wildman–Crippen MR) is 85.4 cm³/mol. The van der Waals surface area contributed by atoms with Crippen LogP contribution in [0.25, 0.3) is 5.69 Å². The van der Waals surface area contributed by atoms with E-state index in [9.17, 15) is 22.8 Å². The van der Waals surface area contributed by atoms with Crippen LogP contribution in [0.3, 0.4) is 0 Å². The van der Waals surface area contributed by atoms with Gasteiger partial charge in [0.05, 0.1) is 11.4 Å². The monoisotopic (exact) mass is 354 g/mol. The number of nitrogen functional groups attached to an aromatic ring is 1. The first-order valence-corrected chi connectivity index (χ1v) is 7.71. The van der Waals surface area contributed by atoms with Gasteiger partial charge in [-0.3, -0.25) is 14.3 Å². The molecule has 2 heterocycles. The van der Waals surface area contributed by atoms with Crippen molar-refractivity contribution in [3.63, 3.8) is 0 Å². The largest absolute Gasteiger partial charge is 0.471 e. The molecule has 0 spiro atoms. The summed E-state index contributed by atoms with van der Waals surface area (Å²) in [7, 11) is 1.12. The van der Waals surface area contributed by atoms with Crippen molar-refractivity contribution in [1.29, 1.82) is 0 Å². The van der Waals surface area contributed by atoms with E-state index in [0.29, 0.717) is 22.7 Å². The van der Waals surface area contributed by atoms with Gasteiger partial charge in [-0.25, -0.2) is 4.68 Å². The predicted octanol–water partition coefficient (Wildman–Crippen LogP) is 1.56. The molecule has 0 fully saturated rings. The lowest BCUT2D eigenvalue weighted by Crippen LogP contribution is -2.47. The number of nitrogens with zero attached hydrogens (tertiary/aromatic N) is 3. The maximum absolute atomic E-state index is 12.6. The molecule has 3 rings (SSSR count). The molecule has 0 unspecified atom stereocenters. The molecule has 1 amide bonds. The quantitative estimate of drug-likeness (QED) is 0.889. The van der Waals surface area contributed by atoms with Crippen LogP contribution in [0.2, 0.25) is 0 Å². The van der Waals surface area contributed by atoms with Gasteiger partial charge in [0.15, 0.2) is 0 Å². The molecule has 9 heteroatoms. The van der Waals surface area contributed by atoms with Crippen molar-refractivity contribution in [3.8, 4) is 5.69 Å². The number of alkyl halides is 3. The highest BCUT2D eigenvalue weighted by Gasteiger charge is 2.44. The second kappa shape index (κ2) is 5.98. The average molecular weight is 354 g/mol. The minimum atomic E-state index is -4.92. The number of halogens is 3. The number of anilines is 1. The van der Waals surface area contributed by atoms with Gasteiger partial charge in [-0.05, 0) is 18.6 Å². The Morgan fingerprint density at radius 3 is 2.52 bits per heavy atom. The number of likely N-dealkylation sites (N-methyl/N-ethyl adjacent to an activating group) is 1. The first kappa shape index (κ1) is 17.1. The number of para-hydroxylation sites is 1. The summed E-state index contributed by atoms with van der Waals surface area (Å²) in [5, 5.41) is 0.